The SMILES string of the molecule is CCCc1nc(-c2ccccc2CC)nc(Cl)c1I. The molecule has 1 aromatic heterocycles. The average Bonchev–Trinajstić information content (AvgIpc) is 2.43. The van der Waals surface area contributed by atoms with Crippen LogP contribution >= 0.6 is 34.2 Å². The number of rotatable bonds is 4. The van der Waals surface area contributed by atoms with Crippen molar-refractivity contribution in [2.24, 2.45) is 0 Å². The largest absolute Gasteiger partial charge is 0.232 e. The van der Waals surface area contributed by atoms with Crippen molar-refractivity contribution in [3.05, 3.63) is 44.2 Å². The first-order valence-corrected chi connectivity index (χ1v) is 7.93. The second-order valence-corrected chi connectivity index (χ2v) is 5.80. The van der Waals surface area contributed by atoms with Crippen LogP contribution in [0.15, 0.2) is 24.3 Å². The van der Waals surface area contributed by atoms with Gasteiger partial charge in [-0.1, -0.05) is 56.1 Å². The van der Waals surface area contributed by atoms with Crippen LogP contribution in [0.1, 0.15) is 31.5 Å². The van der Waals surface area contributed by atoms with E-state index in [9.17, 15) is 0 Å². The highest BCUT2D eigenvalue weighted by molar-refractivity contribution is 14.1. The van der Waals surface area contributed by atoms with Crippen molar-refractivity contribution >= 4 is 34.2 Å². The van der Waals surface area contributed by atoms with Crippen molar-refractivity contribution in [1.82, 2.24) is 9.97 Å². The van der Waals surface area contributed by atoms with Gasteiger partial charge in [-0.2, -0.15) is 0 Å². The molecule has 2 aromatic rings. The summed E-state index contributed by atoms with van der Waals surface area (Å²) in [6, 6.07) is 8.24. The molecule has 2 rings (SSSR count). The normalized spacial score (nSPS) is 10.7. The lowest BCUT2D eigenvalue weighted by Gasteiger charge is -2.10. The number of halogens is 2. The highest BCUT2D eigenvalue weighted by Gasteiger charge is 2.13. The molecule has 0 radical (unpaired) electrons. The van der Waals surface area contributed by atoms with Crippen LogP contribution in [0.5, 0.6) is 0 Å². The molecule has 0 N–H and O–H groups in total. The Hall–Kier alpha value is -0.680. The number of hydrogen-bond acceptors (Lipinski definition) is 2. The lowest BCUT2D eigenvalue weighted by Crippen LogP contribution is -2.02. The van der Waals surface area contributed by atoms with Gasteiger partial charge in [-0.15, -0.1) is 0 Å². The van der Waals surface area contributed by atoms with Crippen molar-refractivity contribution in [1.29, 1.82) is 0 Å². The van der Waals surface area contributed by atoms with Gasteiger partial charge in [0.1, 0.15) is 5.15 Å². The summed E-state index contributed by atoms with van der Waals surface area (Å²) in [7, 11) is 0. The van der Waals surface area contributed by atoms with Crippen molar-refractivity contribution in [3.63, 3.8) is 0 Å². The Morgan fingerprint density at radius 2 is 1.89 bits per heavy atom. The molecule has 0 fully saturated rings. The zero-order valence-corrected chi connectivity index (χ0v) is 14.0. The van der Waals surface area contributed by atoms with E-state index in [1.807, 2.05) is 12.1 Å². The highest BCUT2D eigenvalue weighted by atomic mass is 127. The lowest BCUT2D eigenvalue weighted by atomic mass is 10.0. The topological polar surface area (TPSA) is 25.8 Å². The van der Waals surface area contributed by atoms with E-state index in [2.05, 4.69) is 53.6 Å². The minimum atomic E-state index is 0.556. The fraction of sp³-hybridized carbons (Fsp3) is 0.333. The molecule has 1 heterocycles. The summed E-state index contributed by atoms with van der Waals surface area (Å²) in [4.78, 5) is 9.14. The van der Waals surface area contributed by atoms with E-state index < -0.39 is 0 Å². The van der Waals surface area contributed by atoms with E-state index in [4.69, 9.17) is 16.6 Å². The smallest absolute Gasteiger partial charge is 0.161 e. The lowest BCUT2D eigenvalue weighted by molar-refractivity contribution is 0.866. The standard InChI is InChI=1S/C15H16ClIN2/c1-3-7-12-13(17)14(16)19-15(18-12)11-9-6-5-8-10(11)4-2/h5-6,8-9H,3-4,7H2,1-2H3. The van der Waals surface area contributed by atoms with Gasteiger partial charge in [0.15, 0.2) is 5.82 Å². The Labute approximate surface area is 132 Å². The third-order valence-electron chi connectivity index (χ3n) is 3.01. The van der Waals surface area contributed by atoms with Crippen molar-refractivity contribution in [2.45, 2.75) is 33.1 Å². The summed E-state index contributed by atoms with van der Waals surface area (Å²) in [6.07, 6.45) is 2.95. The average molecular weight is 387 g/mol. The Morgan fingerprint density at radius 1 is 1.16 bits per heavy atom. The van der Waals surface area contributed by atoms with E-state index in [0.29, 0.717) is 5.15 Å². The van der Waals surface area contributed by atoms with E-state index >= 15 is 0 Å². The van der Waals surface area contributed by atoms with E-state index in [0.717, 1.165) is 39.9 Å². The van der Waals surface area contributed by atoms with Gasteiger partial charge in [0, 0.05) is 5.56 Å². The number of benzene rings is 1. The maximum absolute atomic E-state index is 6.24. The molecular formula is C15H16ClIN2. The molecule has 0 saturated heterocycles. The summed E-state index contributed by atoms with van der Waals surface area (Å²) >= 11 is 8.47. The Morgan fingerprint density at radius 3 is 2.58 bits per heavy atom. The van der Waals surface area contributed by atoms with Crippen LogP contribution in [0.4, 0.5) is 0 Å². The molecule has 0 atom stereocenters. The monoisotopic (exact) mass is 386 g/mol. The summed E-state index contributed by atoms with van der Waals surface area (Å²) in [5.41, 5.74) is 3.38. The molecule has 4 heteroatoms. The first-order valence-electron chi connectivity index (χ1n) is 6.47. The molecule has 2 nitrogen and oxygen atoms in total. The van der Waals surface area contributed by atoms with Gasteiger partial charge in [0.2, 0.25) is 0 Å². The number of nitrogens with zero attached hydrogens (tertiary/aromatic N) is 2. The molecule has 1 aromatic carbocycles. The maximum Gasteiger partial charge on any atom is 0.161 e. The third kappa shape index (κ3) is 3.26. The van der Waals surface area contributed by atoms with Gasteiger partial charge < -0.3 is 0 Å². The molecule has 0 saturated carbocycles. The van der Waals surface area contributed by atoms with Gasteiger partial charge >= 0.3 is 0 Å². The highest BCUT2D eigenvalue weighted by Crippen LogP contribution is 2.26. The Bertz CT molecular complexity index is 584. The molecule has 0 aliphatic carbocycles. The van der Waals surface area contributed by atoms with Gasteiger partial charge in [0.25, 0.3) is 0 Å². The van der Waals surface area contributed by atoms with Gasteiger partial charge in [-0.05, 0) is 41.0 Å². The molecular weight excluding hydrogens is 371 g/mol. The third-order valence-corrected chi connectivity index (χ3v) is 4.73. The predicted molar refractivity (Wildman–Crippen MR) is 88.6 cm³/mol. The fourth-order valence-electron chi connectivity index (χ4n) is 2.03. The minimum Gasteiger partial charge on any atom is -0.232 e. The Balaban J connectivity index is 2.56. The first-order chi connectivity index (χ1) is 9.17. The van der Waals surface area contributed by atoms with E-state index in [1.165, 1.54) is 5.56 Å². The van der Waals surface area contributed by atoms with Gasteiger partial charge in [0.05, 0.1) is 9.26 Å². The predicted octanol–water partition coefficient (Wildman–Crippen LogP) is 4.92. The molecule has 100 valence electrons. The summed E-state index contributed by atoms with van der Waals surface area (Å²) in [5.74, 6) is 0.742. The van der Waals surface area contributed by atoms with Crippen LogP contribution in [0.25, 0.3) is 11.4 Å². The van der Waals surface area contributed by atoms with Crippen LogP contribution in [0.2, 0.25) is 5.15 Å². The maximum atomic E-state index is 6.24. The van der Waals surface area contributed by atoms with Crippen molar-refractivity contribution in [3.8, 4) is 11.4 Å². The molecule has 0 amide bonds. The summed E-state index contributed by atoms with van der Waals surface area (Å²) < 4.78 is 0.971. The number of hydrogen-bond donors (Lipinski definition) is 0. The second kappa shape index (κ2) is 6.66. The van der Waals surface area contributed by atoms with Crippen molar-refractivity contribution < 1.29 is 0 Å². The van der Waals surface area contributed by atoms with Crippen molar-refractivity contribution in [2.75, 3.05) is 0 Å². The summed E-state index contributed by atoms with van der Waals surface area (Å²) in [5, 5.41) is 0.556. The van der Waals surface area contributed by atoms with Gasteiger partial charge in [-0.3, -0.25) is 0 Å². The number of aromatic nitrogens is 2. The van der Waals surface area contributed by atoms with Crippen LogP contribution in [0, 0.1) is 3.57 Å². The molecule has 0 bridgehead atoms. The van der Waals surface area contributed by atoms with Crippen LogP contribution in [0.3, 0.4) is 0 Å². The fourth-order valence-corrected chi connectivity index (χ4v) is 2.73. The molecule has 0 aliphatic heterocycles. The minimum absolute atomic E-state index is 0.556. The molecule has 19 heavy (non-hydrogen) atoms. The second-order valence-electron chi connectivity index (χ2n) is 4.36. The molecule has 0 unspecified atom stereocenters. The first kappa shape index (κ1) is 14.7. The molecule has 0 spiro atoms. The van der Waals surface area contributed by atoms with Crippen LogP contribution in [-0.2, 0) is 12.8 Å². The van der Waals surface area contributed by atoms with Crippen LogP contribution in [-0.4, -0.2) is 9.97 Å². The van der Waals surface area contributed by atoms with E-state index in [-0.39, 0.29) is 0 Å². The Kier molecular flexibility index (Phi) is 5.16. The van der Waals surface area contributed by atoms with Crippen LogP contribution < -0.4 is 0 Å². The quantitative estimate of drug-likeness (QED) is 0.551. The summed E-state index contributed by atoms with van der Waals surface area (Å²) in [6.45, 7) is 4.28. The number of aryl methyl sites for hydroxylation is 2. The van der Waals surface area contributed by atoms with E-state index in [1.54, 1.807) is 0 Å². The zero-order chi connectivity index (χ0) is 13.8. The van der Waals surface area contributed by atoms with Gasteiger partial charge in [-0.25, -0.2) is 9.97 Å². The zero-order valence-electron chi connectivity index (χ0n) is 11.1. The molecule has 0 aliphatic rings.